The Balaban J connectivity index is 1.53. The lowest BCUT2D eigenvalue weighted by Crippen LogP contribution is -2.29. The molecule has 148 valence electrons. The topological polar surface area (TPSA) is 68.4 Å². The molecular formula is C22H20FN3O2S. The Morgan fingerprint density at radius 2 is 2.03 bits per heavy atom. The van der Waals surface area contributed by atoms with Crippen LogP contribution >= 0.6 is 11.5 Å². The predicted molar refractivity (Wildman–Crippen MR) is 111 cm³/mol. The Kier molecular flexibility index (Phi) is 3.60. The first-order chi connectivity index (χ1) is 14.0. The standard InChI is InChI=1S/C22H20FN3O2S/c1-10-14-5-2-11(6-12(14)9-24-10)15-8-18-16(7-17(15)23)20(27)19-21(28)25-29-22(19)26(18)13-3-4-13/h2,5-8,10,13,20,24,27H,3-4,9H2,1H3,(H,25,28)/t10-,20?/m1/s1. The highest BCUT2D eigenvalue weighted by molar-refractivity contribution is 7.10. The summed E-state index contributed by atoms with van der Waals surface area (Å²) in [6.07, 6.45) is 0.936. The zero-order valence-electron chi connectivity index (χ0n) is 15.8. The largest absolute Gasteiger partial charge is 0.383 e. The molecule has 7 heteroatoms. The number of fused-ring (bicyclic) bond motifs is 3. The second-order valence-electron chi connectivity index (χ2n) is 8.16. The van der Waals surface area contributed by atoms with Crippen LogP contribution in [0.25, 0.3) is 11.1 Å². The van der Waals surface area contributed by atoms with Crippen LogP contribution in [0.4, 0.5) is 15.1 Å². The number of H-pyrrole nitrogens is 1. The van der Waals surface area contributed by atoms with Gasteiger partial charge in [0.1, 0.15) is 16.9 Å². The summed E-state index contributed by atoms with van der Waals surface area (Å²) in [6.45, 7) is 2.91. The maximum atomic E-state index is 15.2. The number of hydrogen-bond donors (Lipinski definition) is 3. The molecule has 3 heterocycles. The van der Waals surface area contributed by atoms with Crippen molar-refractivity contribution in [3.63, 3.8) is 0 Å². The summed E-state index contributed by atoms with van der Waals surface area (Å²) in [5, 5.41) is 15.0. The first-order valence-corrected chi connectivity index (χ1v) is 10.7. The van der Waals surface area contributed by atoms with Crippen molar-refractivity contribution in [2.24, 2.45) is 0 Å². The molecule has 6 rings (SSSR count). The molecule has 29 heavy (non-hydrogen) atoms. The van der Waals surface area contributed by atoms with Gasteiger partial charge in [0.15, 0.2) is 0 Å². The average Bonchev–Trinajstić information content (AvgIpc) is 3.38. The minimum Gasteiger partial charge on any atom is -0.383 e. The lowest BCUT2D eigenvalue weighted by Gasteiger charge is -2.33. The van der Waals surface area contributed by atoms with Crippen molar-refractivity contribution >= 4 is 22.2 Å². The maximum Gasteiger partial charge on any atom is 0.266 e. The fourth-order valence-corrected chi connectivity index (χ4v) is 5.59. The molecule has 1 aromatic heterocycles. The van der Waals surface area contributed by atoms with Gasteiger partial charge >= 0.3 is 0 Å². The third-order valence-corrected chi connectivity index (χ3v) is 7.21. The molecule has 1 fully saturated rings. The van der Waals surface area contributed by atoms with E-state index in [0.717, 1.165) is 35.6 Å². The van der Waals surface area contributed by atoms with E-state index >= 15 is 4.39 Å². The van der Waals surface area contributed by atoms with Crippen molar-refractivity contribution in [3.05, 3.63) is 68.8 Å². The summed E-state index contributed by atoms with van der Waals surface area (Å²) in [5.41, 5.74) is 5.10. The van der Waals surface area contributed by atoms with Gasteiger partial charge in [0.25, 0.3) is 5.56 Å². The molecule has 2 atom stereocenters. The highest BCUT2D eigenvalue weighted by Crippen LogP contribution is 2.51. The number of rotatable bonds is 2. The SMILES string of the molecule is C[C@H]1NCc2cc(-c3cc4c(cc3F)C(O)c3c(s[nH]c3=O)N4C3CC3)ccc21. The van der Waals surface area contributed by atoms with Gasteiger partial charge in [-0.1, -0.05) is 12.1 Å². The average molecular weight is 409 g/mol. The van der Waals surface area contributed by atoms with Crippen molar-refractivity contribution in [2.45, 2.75) is 44.5 Å². The molecule has 1 unspecified atom stereocenters. The third kappa shape index (κ3) is 2.48. The van der Waals surface area contributed by atoms with Gasteiger partial charge in [-0.25, -0.2) is 4.39 Å². The van der Waals surface area contributed by atoms with Crippen molar-refractivity contribution < 1.29 is 9.50 Å². The van der Waals surface area contributed by atoms with E-state index < -0.39 is 6.10 Å². The van der Waals surface area contributed by atoms with Crippen LogP contribution in [0.15, 0.2) is 35.1 Å². The van der Waals surface area contributed by atoms with Crippen LogP contribution in [0, 0.1) is 5.82 Å². The molecule has 1 saturated carbocycles. The Morgan fingerprint density at radius 1 is 1.21 bits per heavy atom. The Morgan fingerprint density at radius 3 is 2.83 bits per heavy atom. The fourth-order valence-electron chi connectivity index (χ4n) is 4.63. The first-order valence-electron chi connectivity index (χ1n) is 9.91. The van der Waals surface area contributed by atoms with E-state index in [1.165, 1.54) is 28.7 Å². The maximum absolute atomic E-state index is 15.2. The molecule has 0 spiro atoms. The molecule has 3 aliphatic rings. The third-order valence-electron chi connectivity index (χ3n) is 6.31. The predicted octanol–water partition coefficient (Wildman–Crippen LogP) is 4.10. The quantitative estimate of drug-likeness (QED) is 0.596. The van der Waals surface area contributed by atoms with Crippen LogP contribution < -0.4 is 15.8 Å². The first kappa shape index (κ1) is 17.4. The van der Waals surface area contributed by atoms with Crippen LogP contribution in [0.3, 0.4) is 0 Å². The van der Waals surface area contributed by atoms with Gasteiger partial charge in [-0.15, -0.1) is 0 Å². The van der Waals surface area contributed by atoms with Gasteiger partial charge in [-0.3, -0.25) is 9.17 Å². The van der Waals surface area contributed by atoms with Gasteiger partial charge < -0.3 is 15.3 Å². The fraction of sp³-hybridized carbons (Fsp3) is 0.318. The number of aromatic nitrogens is 1. The molecule has 0 radical (unpaired) electrons. The van der Waals surface area contributed by atoms with Gasteiger partial charge in [0.05, 0.1) is 5.56 Å². The number of anilines is 2. The zero-order valence-corrected chi connectivity index (χ0v) is 16.6. The van der Waals surface area contributed by atoms with Crippen molar-refractivity contribution in [1.82, 2.24) is 9.69 Å². The number of benzene rings is 2. The van der Waals surface area contributed by atoms with E-state index in [4.69, 9.17) is 0 Å². The van der Waals surface area contributed by atoms with Crippen LogP contribution in [-0.4, -0.2) is 15.5 Å². The van der Waals surface area contributed by atoms with Crippen LogP contribution in [0.1, 0.15) is 54.2 Å². The summed E-state index contributed by atoms with van der Waals surface area (Å²) < 4.78 is 17.9. The second kappa shape index (κ2) is 6.01. The van der Waals surface area contributed by atoms with Crippen molar-refractivity contribution in [1.29, 1.82) is 0 Å². The smallest absolute Gasteiger partial charge is 0.266 e. The minimum atomic E-state index is -1.11. The number of aliphatic hydroxyl groups excluding tert-OH is 1. The summed E-state index contributed by atoms with van der Waals surface area (Å²) in [6, 6.07) is 9.92. The molecule has 0 bridgehead atoms. The highest BCUT2D eigenvalue weighted by Gasteiger charge is 2.41. The molecule has 2 aromatic carbocycles. The summed E-state index contributed by atoms with van der Waals surface area (Å²) in [7, 11) is 0. The number of aliphatic hydroxyl groups is 1. The monoisotopic (exact) mass is 409 g/mol. The Bertz CT molecular complexity index is 1210. The van der Waals surface area contributed by atoms with E-state index in [1.807, 2.05) is 12.1 Å². The highest BCUT2D eigenvalue weighted by atomic mass is 32.1. The molecule has 5 nitrogen and oxygen atoms in total. The molecule has 3 N–H and O–H groups in total. The van der Waals surface area contributed by atoms with Gasteiger partial charge in [0.2, 0.25) is 0 Å². The number of hydrogen-bond acceptors (Lipinski definition) is 5. The van der Waals surface area contributed by atoms with Crippen molar-refractivity contribution in [3.8, 4) is 11.1 Å². The van der Waals surface area contributed by atoms with Crippen molar-refractivity contribution in [2.75, 3.05) is 4.90 Å². The summed E-state index contributed by atoms with van der Waals surface area (Å²) >= 11 is 1.24. The molecule has 1 aliphatic carbocycles. The molecule has 3 aromatic rings. The van der Waals surface area contributed by atoms with Crippen LogP contribution in [0.5, 0.6) is 0 Å². The second-order valence-corrected chi connectivity index (χ2v) is 8.96. The van der Waals surface area contributed by atoms with Gasteiger partial charge in [0, 0.05) is 35.4 Å². The van der Waals surface area contributed by atoms with E-state index in [-0.39, 0.29) is 17.4 Å². The van der Waals surface area contributed by atoms with Crippen LogP contribution in [-0.2, 0) is 6.54 Å². The number of nitrogens with one attached hydrogen (secondary N) is 2. The van der Waals surface area contributed by atoms with E-state index in [0.29, 0.717) is 22.7 Å². The summed E-state index contributed by atoms with van der Waals surface area (Å²) in [4.78, 5) is 14.4. The Labute approximate surface area is 171 Å². The normalized spacial score (nSPS) is 22.4. The molecule has 2 aliphatic heterocycles. The lowest BCUT2D eigenvalue weighted by molar-refractivity contribution is 0.217. The van der Waals surface area contributed by atoms with Gasteiger partial charge in [-0.05, 0) is 66.2 Å². The number of nitrogens with zero attached hydrogens (tertiary/aromatic N) is 1. The lowest BCUT2D eigenvalue weighted by atomic mass is 9.92. The van der Waals surface area contributed by atoms with E-state index in [1.54, 1.807) is 0 Å². The van der Waals surface area contributed by atoms with E-state index in [2.05, 4.69) is 33.6 Å². The molecule has 0 amide bonds. The summed E-state index contributed by atoms with van der Waals surface area (Å²) in [5.74, 6) is -0.382. The van der Waals surface area contributed by atoms with Gasteiger partial charge in [-0.2, -0.15) is 0 Å². The Hall–Kier alpha value is -2.48. The molecular weight excluding hydrogens is 389 g/mol. The van der Waals surface area contributed by atoms with E-state index in [9.17, 15) is 9.90 Å². The number of halogens is 1. The van der Waals surface area contributed by atoms with Crippen LogP contribution in [0.2, 0.25) is 0 Å². The minimum absolute atomic E-state index is 0.287. The zero-order chi connectivity index (χ0) is 19.9. The molecule has 0 saturated heterocycles. The number of aromatic amines is 1.